The summed E-state index contributed by atoms with van der Waals surface area (Å²) in [6.45, 7) is 1.33. The molecule has 0 spiro atoms. The minimum Gasteiger partial charge on any atom is -0.497 e. The molecule has 1 saturated heterocycles. The third kappa shape index (κ3) is 4.73. The number of carbonyl (C=O) groups excluding carboxylic acids is 3. The van der Waals surface area contributed by atoms with Gasteiger partial charge in [0.15, 0.2) is 6.61 Å². The normalized spacial score (nSPS) is 22.6. The molecule has 0 radical (unpaired) electrons. The van der Waals surface area contributed by atoms with Crippen molar-refractivity contribution in [3.8, 4) is 11.5 Å². The number of guanidine groups is 1. The first kappa shape index (κ1) is 22.8. The molecule has 166 valence electrons. The van der Waals surface area contributed by atoms with E-state index >= 15 is 0 Å². The van der Waals surface area contributed by atoms with Crippen molar-refractivity contribution < 1.29 is 23.9 Å². The molecule has 0 saturated carbocycles. The molecular formula is C21H25BrN4O5. The topological polar surface area (TPSA) is 109 Å². The van der Waals surface area contributed by atoms with Crippen LogP contribution in [0.25, 0.3) is 0 Å². The van der Waals surface area contributed by atoms with Crippen LogP contribution < -0.4 is 20.2 Å². The summed E-state index contributed by atoms with van der Waals surface area (Å²) in [6, 6.07) is 5.08. The SMILES string of the molecule is COc1ccc(OCC(=O)N/N=C2\NC(=O)[C@](C)(C3=CCCCC3)C(=O)N2C)c(Br)c1. The van der Waals surface area contributed by atoms with Gasteiger partial charge in [0.2, 0.25) is 17.8 Å². The number of methoxy groups -OCH3 is 1. The van der Waals surface area contributed by atoms with Crippen molar-refractivity contribution in [2.45, 2.75) is 32.6 Å². The van der Waals surface area contributed by atoms with Crippen molar-refractivity contribution in [2.24, 2.45) is 10.5 Å². The average Bonchev–Trinajstić information content (AvgIpc) is 2.78. The van der Waals surface area contributed by atoms with Crippen molar-refractivity contribution in [1.29, 1.82) is 0 Å². The molecule has 1 aliphatic heterocycles. The van der Waals surface area contributed by atoms with Gasteiger partial charge in [-0.1, -0.05) is 6.08 Å². The second-order valence-corrected chi connectivity index (χ2v) is 8.33. The summed E-state index contributed by atoms with van der Waals surface area (Å²) in [5.74, 6) is -0.312. The zero-order valence-corrected chi connectivity index (χ0v) is 19.2. The largest absolute Gasteiger partial charge is 0.497 e. The van der Waals surface area contributed by atoms with Gasteiger partial charge in [-0.3, -0.25) is 24.6 Å². The van der Waals surface area contributed by atoms with Crippen LogP contribution in [0.1, 0.15) is 32.6 Å². The Kier molecular flexibility index (Phi) is 6.99. The highest BCUT2D eigenvalue weighted by molar-refractivity contribution is 9.10. The van der Waals surface area contributed by atoms with Crippen molar-refractivity contribution in [3.05, 3.63) is 34.3 Å². The van der Waals surface area contributed by atoms with Crippen LogP contribution in [0, 0.1) is 5.41 Å². The standard InChI is InChI=1S/C21H25BrN4O5/c1-21(13-7-5-4-6-8-13)18(28)23-20(26(2)19(21)29)25-24-17(27)12-31-16-10-9-14(30-3)11-15(16)22/h7,9-11H,4-6,8,12H2,1-3H3,(H,24,27)(H,23,25,28)/t21-/m0/s1. The van der Waals surface area contributed by atoms with E-state index in [1.165, 1.54) is 11.9 Å². The van der Waals surface area contributed by atoms with Gasteiger partial charge in [-0.25, -0.2) is 5.43 Å². The summed E-state index contributed by atoms with van der Waals surface area (Å²) in [5.41, 5.74) is 1.87. The lowest BCUT2D eigenvalue weighted by Crippen LogP contribution is -2.63. The summed E-state index contributed by atoms with van der Waals surface area (Å²) in [5, 5.41) is 6.53. The Morgan fingerprint density at radius 2 is 2.13 bits per heavy atom. The van der Waals surface area contributed by atoms with Crippen LogP contribution >= 0.6 is 15.9 Å². The quantitative estimate of drug-likeness (QED) is 0.359. The maximum atomic E-state index is 13.0. The molecule has 0 unspecified atom stereocenters. The number of nitrogens with one attached hydrogen (secondary N) is 2. The molecule has 3 amide bonds. The molecule has 0 aromatic heterocycles. The van der Waals surface area contributed by atoms with E-state index in [0.717, 1.165) is 24.8 Å². The fraction of sp³-hybridized carbons (Fsp3) is 0.429. The maximum absolute atomic E-state index is 13.0. The highest BCUT2D eigenvalue weighted by atomic mass is 79.9. The second-order valence-electron chi connectivity index (χ2n) is 7.47. The van der Waals surface area contributed by atoms with Crippen molar-refractivity contribution in [3.63, 3.8) is 0 Å². The van der Waals surface area contributed by atoms with Gasteiger partial charge in [-0.15, -0.1) is 5.10 Å². The van der Waals surface area contributed by atoms with Gasteiger partial charge in [0.05, 0.1) is 11.6 Å². The first-order valence-corrected chi connectivity index (χ1v) is 10.7. The van der Waals surface area contributed by atoms with E-state index in [9.17, 15) is 14.4 Å². The third-order valence-corrected chi connectivity index (χ3v) is 6.07. The van der Waals surface area contributed by atoms with E-state index in [1.54, 1.807) is 32.2 Å². The van der Waals surface area contributed by atoms with E-state index < -0.39 is 17.2 Å². The van der Waals surface area contributed by atoms with Crippen LogP contribution in [-0.4, -0.2) is 49.3 Å². The molecule has 0 bridgehead atoms. The van der Waals surface area contributed by atoms with Gasteiger partial charge in [0.25, 0.3) is 5.91 Å². The number of hydrogen-bond donors (Lipinski definition) is 2. The zero-order valence-electron chi connectivity index (χ0n) is 17.7. The number of nitrogens with zero attached hydrogens (tertiary/aromatic N) is 2. The number of amides is 3. The first-order valence-electron chi connectivity index (χ1n) is 9.89. The Morgan fingerprint density at radius 1 is 1.35 bits per heavy atom. The number of hydrazone groups is 1. The van der Waals surface area contributed by atoms with Gasteiger partial charge in [-0.2, -0.15) is 0 Å². The van der Waals surface area contributed by atoms with Crippen LogP contribution in [0.2, 0.25) is 0 Å². The van der Waals surface area contributed by atoms with E-state index in [0.29, 0.717) is 22.4 Å². The molecule has 1 fully saturated rings. The number of benzene rings is 1. The fourth-order valence-electron chi connectivity index (χ4n) is 3.53. The molecule has 1 aliphatic carbocycles. The number of carbonyl (C=O) groups is 3. The molecule has 1 atom stereocenters. The molecule has 9 nitrogen and oxygen atoms in total. The predicted octanol–water partition coefficient (Wildman–Crippen LogP) is 2.32. The summed E-state index contributed by atoms with van der Waals surface area (Å²) >= 11 is 3.34. The third-order valence-electron chi connectivity index (χ3n) is 5.45. The van der Waals surface area contributed by atoms with E-state index in [4.69, 9.17) is 9.47 Å². The lowest BCUT2D eigenvalue weighted by Gasteiger charge is -2.39. The molecule has 1 aromatic rings. The fourth-order valence-corrected chi connectivity index (χ4v) is 4.01. The van der Waals surface area contributed by atoms with Gasteiger partial charge in [-0.05, 0) is 72.3 Å². The van der Waals surface area contributed by atoms with Gasteiger partial charge in [0, 0.05) is 7.05 Å². The van der Waals surface area contributed by atoms with Crippen LogP contribution in [0.4, 0.5) is 0 Å². The van der Waals surface area contributed by atoms with E-state index in [1.807, 2.05) is 6.08 Å². The Balaban J connectivity index is 1.62. The molecule has 2 N–H and O–H groups in total. The summed E-state index contributed by atoms with van der Waals surface area (Å²) in [4.78, 5) is 39.2. The van der Waals surface area contributed by atoms with Crippen molar-refractivity contribution in [1.82, 2.24) is 15.6 Å². The molecule has 2 aliphatic rings. The number of rotatable bonds is 6. The van der Waals surface area contributed by atoms with E-state index in [-0.39, 0.29) is 18.5 Å². The van der Waals surface area contributed by atoms with Crippen LogP contribution in [0.5, 0.6) is 11.5 Å². The molecule has 3 rings (SSSR count). The first-order chi connectivity index (χ1) is 14.8. The van der Waals surface area contributed by atoms with Crippen LogP contribution in [0.15, 0.2) is 39.4 Å². The molecule has 1 heterocycles. The minimum absolute atomic E-state index is 0.0390. The minimum atomic E-state index is -1.26. The van der Waals surface area contributed by atoms with Gasteiger partial charge < -0.3 is 9.47 Å². The van der Waals surface area contributed by atoms with E-state index in [2.05, 4.69) is 31.8 Å². The lowest BCUT2D eigenvalue weighted by molar-refractivity contribution is -0.145. The zero-order chi connectivity index (χ0) is 22.6. The van der Waals surface area contributed by atoms with Crippen LogP contribution in [0.3, 0.4) is 0 Å². The Bertz CT molecular complexity index is 961. The number of hydrogen-bond acceptors (Lipinski definition) is 6. The van der Waals surface area contributed by atoms with Gasteiger partial charge in [0.1, 0.15) is 16.9 Å². The van der Waals surface area contributed by atoms with Crippen molar-refractivity contribution in [2.75, 3.05) is 20.8 Å². The summed E-state index contributed by atoms with van der Waals surface area (Å²) in [7, 11) is 3.06. The highest BCUT2D eigenvalue weighted by Gasteiger charge is 2.50. The molecule has 1 aromatic carbocycles. The smallest absolute Gasteiger partial charge is 0.278 e. The molecular weight excluding hydrogens is 468 g/mol. The number of allylic oxidation sites excluding steroid dienone is 1. The molecule has 31 heavy (non-hydrogen) atoms. The average molecular weight is 493 g/mol. The maximum Gasteiger partial charge on any atom is 0.278 e. The second kappa shape index (κ2) is 9.51. The lowest BCUT2D eigenvalue weighted by atomic mass is 9.74. The Labute approximate surface area is 189 Å². The Hall–Kier alpha value is -2.88. The molecule has 10 heteroatoms. The number of halogens is 1. The van der Waals surface area contributed by atoms with Gasteiger partial charge >= 0.3 is 0 Å². The highest BCUT2D eigenvalue weighted by Crippen LogP contribution is 2.37. The summed E-state index contributed by atoms with van der Waals surface area (Å²) < 4.78 is 11.2. The van der Waals surface area contributed by atoms with Crippen LogP contribution in [-0.2, 0) is 14.4 Å². The number of ether oxygens (including phenoxy) is 2. The Morgan fingerprint density at radius 3 is 2.77 bits per heavy atom. The predicted molar refractivity (Wildman–Crippen MR) is 117 cm³/mol. The van der Waals surface area contributed by atoms with Crippen molar-refractivity contribution >= 4 is 39.6 Å². The summed E-state index contributed by atoms with van der Waals surface area (Å²) in [6.07, 6.45) is 5.56. The monoisotopic (exact) mass is 492 g/mol.